The van der Waals surface area contributed by atoms with Gasteiger partial charge in [-0.2, -0.15) is 0 Å². The average Bonchev–Trinajstić information content (AvgIpc) is 2.56. The van der Waals surface area contributed by atoms with Crippen molar-refractivity contribution in [3.05, 3.63) is 12.2 Å². The van der Waals surface area contributed by atoms with Gasteiger partial charge in [-0.1, -0.05) is 6.58 Å². The summed E-state index contributed by atoms with van der Waals surface area (Å²) in [7, 11) is 0. The van der Waals surface area contributed by atoms with Crippen LogP contribution in [0.1, 0.15) is 13.3 Å². The Morgan fingerprint density at radius 3 is 3.00 bits per heavy atom. The normalized spacial score (nSPS) is 21.5. The van der Waals surface area contributed by atoms with Crippen LogP contribution in [0.5, 0.6) is 0 Å². The van der Waals surface area contributed by atoms with Gasteiger partial charge in [-0.25, -0.2) is 4.79 Å². The molecule has 1 rings (SSSR count). The molecule has 0 aromatic carbocycles. The molecular weight excluding hydrogens is 204 g/mol. The van der Waals surface area contributed by atoms with E-state index in [-0.39, 0.29) is 5.97 Å². The summed E-state index contributed by atoms with van der Waals surface area (Å²) < 4.78 is 5.00. The van der Waals surface area contributed by atoms with Gasteiger partial charge in [0.25, 0.3) is 0 Å². The third-order valence-corrected chi connectivity index (χ3v) is 4.65. The van der Waals surface area contributed by atoms with E-state index in [0.29, 0.717) is 17.4 Å². The molecule has 0 spiro atoms. The molecular formula is C9H14O2S2. The molecule has 74 valence electrons. The van der Waals surface area contributed by atoms with Crippen LogP contribution in [0.3, 0.4) is 0 Å². The molecule has 0 aliphatic carbocycles. The highest BCUT2D eigenvalue weighted by molar-refractivity contribution is 8.19. The summed E-state index contributed by atoms with van der Waals surface area (Å²) >= 11 is 3.90. The monoisotopic (exact) mass is 218 g/mol. The van der Waals surface area contributed by atoms with E-state index in [0.717, 1.165) is 6.42 Å². The SMILES string of the molecule is C=C(C)C(=O)OCCC1CSCS1. The Bertz CT molecular complexity index is 198. The predicted molar refractivity (Wildman–Crippen MR) is 59.1 cm³/mol. The molecule has 13 heavy (non-hydrogen) atoms. The molecule has 1 atom stereocenters. The number of hydrogen-bond acceptors (Lipinski definition) is 4. The molecule has 0 aromatic rings. The van der Waals surface area contributed by atoms with Gasteiger partial charge >= 0.3 is 5.97 Å². The minimum atomic E-state index is -0.268. The fourth-order valence-electron chi connectivity index (χ4n) is 0.945. The number of hydrogen-bond donors (Lipinski definition) is 0. The summed E-state index contributed by atoms with van der Waals surface area (Å²) in [6.07, 6.45) is 0.969. The van der Waals surface area contributed by atoms with Gasteiger partial charge in [0.2, 0.25) is 0 Å². The number of rotatable bonds is 4. The van der Waals surface area contributed by atoms with Crippen molar-refractivity contribution in [1.29, 1.82) is 0 Å². The zero-order valence-electron chi connectivity index (χ0n) is 7.75. The van der Waals surface area contributed by atoms with E-state index < -0.39 is 0 Å². The predicted octanol–water partition coefficient (Wildman–Crippen LogP) is 2.30. The number of esters is 1. The lowest BCUT2D eigenvalue weighted by Crippen LogP contribution is -2.11. The van der Waals surface area contributed by atoms with Crippen LogP contribution in [-0.2, 0) is 9.53 Å². The second-order valence-corrected chi connectivity index (χ2v) is 5.67. The zero-order valence-corrected chi connectivity index (χ0v) is 9.38. The smallest absolute Gasteiger partial charge is 0.333 e. The first-order valence-electron chi connectivity index (χ1n) is 4.22. The maximum absolute atomic E-state index is 11.0. The Morgan fingerprint density at radius 1 is 1.69 bits per heavy atom. The van der Waals surface area contributed by atoms with Gasteiger partial charge in [-0.15, -0.1) is 23.5 Å². The Hall–Kier alpha value is -0.0900. The topological polar surface area (TPSA) is 26.3 Å². The van der Waals surface area contributed by atoms with Crippen molar-refractivity contribution in [2.45, 2.75) is 18.6 Å². The molecule has 1 heterocycles. The molecule has 2 nitrogen and oxygen atoms in total. The van der Waals surface area contributed by atoms with Gasteiger partial charge in [0, 0.05) is 21.7 Å². The minimum Gasteiger partial charge on any atom is -0.462 e. The minimum absolute atomic E-state index is 0.268. The molecule has 1 aliphatic rings. The highest BCUT2D eigenvalue weighted by Gasteiger charge is 2.16. The van der Waals surface area contributed by atoms with Crippen LogP contribution in [0.2, 0.25) is 0 Å². The van der Waals surface area contributed by atoms with Crippen LogP contribution < -0.4 is 0 Å². The van der Waals surface area contributed by atoms with Crippen LogP contribution >= 0.6 is 23.5 Å². The van der Waals surface area contributed by atoms with Crippen molar-refractivity contribution < 1.29 is 9.53 Å². The van der Waals surface area contributed by atoms with E-state index in [1.807, 2.05) is 23.5 Å². The lowest BCUT2D eigenvalue weighted by molar-refractivity contribution is -0.138. The standard InChI is InChI=1S/C9H14O2S2/c1-7(2)9(10)11-4-3-8-5-12-6-13-8/h8H,1,3-6H2,2H3. The molecule has 4 heteroatoms. The fraction of sp³-hybridized carbons (Fsp3) is 0.667. The lowest BCUT2D eigenvalue weighted by Gasteiger charge is -2.07. The van der Waals surface area contributed by atoms with Crippen molar-refractivity contribution in [1.82, 2.24) is 0 Å². The molecule has 0 radical (unpaired) electrons. The van der Waals surface area contributed by atoms with E-state index >= 15 is 0 Å². The van der Waals surface area contributed by atoms with Crippen LogP contribution in [0.15, 0.2) is 12.2 Å². The Labute approximate surface area is 87.5 Å². The summed E-state index contributed by atoms with van der Waals surface area (Å²) in [6.45, 7) is 5.72. The molecule has 0 saturated carbocycles. The zero-order chi connectivity index (χ0) is 9.68. The van der Waals surface area contributed by atoms with E-state index in [2.05, 4.69) is 6.58 Å². The molecule has 0 aromatic heterocycles. The Balaban J connectivity index is 2.06. The van der Waals surface area contributed by atoms with E-state index in [4.69, 9.17) is 4.74 Å². The summed E-state index contributed by atoms with van der Waals surface area (Å²) in [5.41, 5.74) is 0.480. The molecule has 1 saturated heterocycles. The summed E-state index contributed by atoms with van der Waals surface area (Å²) in [6, 6.07) is 0. The second kappa shape index (κ2) is 5.60. The van der Waals surface area contributed by atoms with Crippen LogP contribution in [-0.4, -0.2) is 28.7 Å². The van der Waals surface area contributed by atoms with Crippen molar-refractivity contribution in [2.75, 3.05) is 17.4 Å². The van der Waals surface area contributed by atoms with Crippen molar-refractivity contribution in [3.8, 4) is 0 Å². The number of carbonyl (C=O) groups is 1. The quantitative estimate of drug-likeness (QED) is 0.534. The first-order valence-corrected chi connectivity index (χ1v) is 6.42. The van der Waals surface area contributed by atoms with Crippen LogP contribution in [0, 0.1) is 0 Å². The van der Waals surface area contributed by atoms with Gasteiger partial charge < -0.3 is 4.74 Å². The van der Waals surface area contributed by atoms with Gasteiger partial charge in [-0.05, 0) is 13.3 Å². The van der Waals surface area contributed by atoms with Gasteiger partial charge in [0.15, 0.2) is 0 Å². The first kappa shape index (κ1) is 11.0. The molecule has 0 N–H and O–H groups in total. The fourth-order valence-corrected chi connectivity index (χ4v) is 3.85. The van der Waals surface area contributed by atoms with Crippen molar-refractivity contribution >= 4 is 29.5 Å². The van der Waals surface area contributed by atoms with Gasteiger partial charge in [0.05, 0.1) is 6.61 Å². The van der Waals surface area contributed by atoms with Crippen molar-refractivity contribution in [2.24, 2.45) is 0 Å². The number of ether oxygens (including phenoxy) is 1. The van der Waals surface area contributed by atoms with E-state index in [1.165, 1.54) is 10.8 Å². The lowest BCUT2D eigenvalue weighted by atomic mass is 10.3. The highest BCUT2D eigenvalue weighted by atomic mass is 32.2. The summed E-state index contributed by atoms with van der Waals surface area (Å²) in [5, 5.41) is 1.85. The Kier molecular flexibility index (Phi) is 4.73. The Morgan fingerprint density at radius 2 is 2.46 bits per heavy atom. The van der Waals surface area contributed by atoms with E-state index in [1.54, 1.807) is 6.92 Å². The second-order valence-electron chi connectivity index (χ2n) is 2.98. The highest BCUT2D eigenvalue weighted by Crippen LogP contribution is 2.31. The van der Waals surface area contributed by atoms with Crippen LogP contribution in [0.25, 0.3) is 0 Å². The third-order valence-electron chi connectivity index (χ3n) is 1.71. The molecule has 0 bridgehead atoms. The maximum Gasteiger partial charge on any atom is 0.333 e. The van der Waals surface area contributed by atoms with Gasteiger partial charge in [-0.3, -0.25) is 0 Å². The molecule has 1 fully saturated rings. The molecule has 0 amide bonds. The van der Waals surface area contributed by atoms with Crippen LogP contribution in [0.4, 0.5) is 0 Å². The maximum atomic E-state index is 11.0. The van der Waals surface area contributed by atoms with Gasteiger partial charge in [0.1, 0.15) is 0 Å². The molecule has 1 aliphatic heterocycles. The number of thioether (sulfide) groups is 2. The first-order chi connectivity index (χ1) is 6.20. The van der Waals surface area contributed by atoms with E-state index in [9.17, 15) is 4.79 Å². The molecule has 1 unspecified atom stereocenters. The average molecular weight is 218 g/mol. The van der Waals surface area contributed by atoms with Crippen molar-refractivity contribution in [3.63, 3.8) is 0 Å². The number of carbonyl (C=O) groups excluding carboxylic acids is 1. The largest absolute Gasteiger partial charge is 0.462 e. The summed E-state index contributed by atoms with van der Waals surface area (Å²) in [5.74, 6) is 0.922. The third kappa shape index (κ3) is 4.09. The summed E-state index contributed by atoms with van der Waals surface area (Å²) in [4.78, 5) is 11.0.